The van der Waals surface area contributed by atoms with E-state index in [2.05, 4.69) is 12.1 Å². The van der Waals surface area contributed by atoms with Crippen molar-refractivity contribution in [1.29, 1.82) is 0 Å². The van der Waals surface area contributed by atoms with E-state index in [1.165, 1.54) is 11.1 Å². The third-order valence-corrected chi connectivity index (χ3v) is 3.89. The molecule has 0 radical (unpaired) electrons. The largest absolute Gasteiger partial charge is 0.294 e. The second-order valence-electron chi connectivity index (χ2n) is 5.16. The number of fused-ring (bicyclic) bond motifs is 1. The van der Waals surface area contributed by atoms with Crippen molar-refractivity contribution in [2.24, 2.45) is 0 Å². The summed E-state index contributed by atoms with van der Waals surface area (Å²) in [6, 6.07) is 13.1. The Morgan fingerprint density at radius 2 is 2.00 bits per heavy atom. The summed E-state index contributed by atoms with van der Waals surface area (Å²) in [6.45, 7) is 1.69. The standard InChI is InChI=1S/C17H15FO/c1-11-5-4-8-15(17(11)18)16(19)10-13-9-12-6-2-3-7-14(12)13/h2-8,13H,9-10H2,1H3. The second-order valence-corrected chi connectivity index (χ2v) is 5.16. The Morgan fingerprint density at radius 3 is 2.79 bits per heavy atom. The molecule has 1 aliphatic rings. The molecule has 0 heterocycles. The third-order valence-electron chi connectivity index (χ3n) is 3.89. The first-order valence-electron chi connectivity index (χ1n) is 6.53. The van der Waals surface area contributed by atoms with Crippen molar-refractivity contribution in [1.82, 2.24) is 0 Å². The molecule has 3 rings (SSSR count). The van der Waals surface area contributed by atoms with E-state index in [0.717, 1.165) is 6.42 Å². The maximum Gasteiger partial charge on any atom is 0.166 e. The monoisotopic (exact) mass is 254 g/mol. The number of carbonyl (C=O) groups excluding carboxylic acids is 1. The van der Waals surface area contributed by atoms with Crippen molar-refractivity contribution >= 4 is 5.78 Å². The minimum Gasteiger partial charge on any atom is -0.294 e. The summed E-state index contributed by atoms with van der Waals surface area (Å²) in [4.78, 5) is 12.2. The van der Waals surface area contributed by atoms with Gasteiger partial charge in [-0.3, -0.25) is 4.79 Å². The van der Waals surface area contributed by atoms with Gasteiger partial charge in [0.2, 0.25) is 0 Å². The number of Topliss-reactive ketones (excluding diaryl/α,β-unsaturated/α-hetero) is 1. The normalized spacial score (nSPS) is 16.6. The summed E-state index contributed by atoms with van der Waals surface area (Å²) in [6.07, 6.45) is 1.33. The van der Waals surface area contributed by atoms with Crippen molar-refractivity contribution in [3.05, 3.63) is 70.5 Å². The van der Waals surface area contributed by atoms with Crippen LogP contribution in [-0.2, 0) is 6.42 Å². The van der Waals surface area contributed by atoms with Gasteiger partial charge in [0.25, 0.3) is 0 Å². The Bertz CT molecular complexity index is 645. The summed E-state index contributed by atoms with van der Waals surface area (Å²) in [5, 5.41) is 0. The fourth-order valence-corrected chi connectivity index (χ4v) is 2.74. The van der Waals surface area contributed by atoms with Crippen LogP contribution in [0.1, 0.15) is 39.4 Å². The molecule has 0 bridgehead atoms. The Balaban J connectivity index is 1.79. The predicted octanol–water partition coefficient (Wildman–Crippen LogP) is 4.05. The Hall–Kier alpha value is -1.96. The van der Waals surface area contributed by atoms with Crippen molar-refractivity contribution < 1.29 is 9.18 Å². The minimum absolute atomic E-state index is 0.0966. The van der Waals surface area contributed by atoms with Crippen molar-refractivity contribution in [3.63, 3.8) is 0 Å². The molecule has 19 heavy (non-hydrogen) atoms. The van der Waals surface area contributed by atoms with Crippen LogP contribution in [0.15, 0.2) is 42.5 Å². The highest BCUT2D eigenvalue weighted by Gasteiger charge is 2.28. The maximum absolute atomic E-state index is 13.9. The lowest BCUT2D eigenvalue weighted by atomic mass is 9.74. The Kier molecular flexibility index (Phi) is 2.94. The number of rotatable bonds is 3. The van der Waals surface area contributed by atoms with E-state index in [-0.39, 0.29) is 23.1 Å². The van der Waals surface area contributed by atoms with E-state index < -0.39 is 0 Å². The first kappa shape index (κ1) is 12.1. The molecular weight excluding hydrogens is 239 g/mol. The fourth-order valence-electron chi connectivity index (χ4n) is 2.74. The summed E-state index contributed by atoms with van der Waals surface area (Å²) >= 11 is 0. The van der Waals surface area contributed by atoms with E-state index in [9.17, 15) is 9.18 Å². The lowest BCUT2D eigenvalue weighted by molar-refractivity contribution is 0.0966. The molecule has 1 aliphatic carbocycles. The number of hydrogen-bond donors (Lipinski definition) is 0. The van der Waals surface area contributed by atoms with Gasteiger partial charge in [-0.15, -0.1) is 0 Å². The van der Waals surface area contributed by atoms with E-state index in [1.807, 2.05) is 12.1 Å². The molecule has 2 heteroatoms. The lowest BCUT2D eigenvalue weighted by Crippen LogP contribution is -2.20. The van der Waals surface area contributed by atoms with E-state index >= 15 is 0 Å². The zero-order chi connectivity index (χ0) is 13.4. The fraction of sp³-hybridized carbons (Fsp3) is 0.235. The molecule has 96 valence electrons. The molecule has 0 N–H and O–H groups in total. The minimum atomic E-state index is -0.375. The SMILES string of the molecule is Cc1cccc(C(=O)CC2Cc3ccccc32)c1F. The predicted molar refractivity (Wildman–Crippen MR) is 73.0 cm³/mol. The smallest absolute Gasteiger partial charge is 0.166 e. The lowest BCUT2D eigenvalue weighted by Gasteiger charge is -2.29. The highest BCUT2D eigenvalue weighted by Crippen LogP contribution is 2.38. The number of carbonyl (C=O) groups is 1. The molecule has 2 aromatic rings. The van der Waals surface area contributed by atoms with Crippen LogP contribution in [0, 0.1) is 12.7 Å². The first-order chi connectivity index (χ1) is 9.16. The summed E-state index contributed by atoms with van der Waals surface area (Å²) < 4.78 is 13.9. The van der Waals surface area contributed by atoms with Gasteiger partial charge >= 0.3 is 0 Å². The maximum atomic E-state index is 13.9. The van der Waals surface area contributed by atoms with Gasteiger partial charge in [-0.05, 0) is 42.0 Å². The summed E-state index contributed by atoms with van der Waals surface area (Å²) in [7, 11) is 0. The van der Waals surface area contributed by atoms with Crippen LogP contribution in [0.5, 0.6) is 0 Å². The number of hydrogen-bond acceptors (Lipinski definition) is 1. The third kappa shape index (κ3) is 2.07. The highest BCUT2D eigenvalue weighted by atomic mass is 19.1. The van der Waals surface area contributed by atoms with Crippen LogP contribution in [0.4, 0.5) is 4.39 Å². The number of halogens is 1. The van der Waals surface area contributed by atoms with Crippen LogP contribution in [-0.4, -0.2) is 5.78 Å². The zero-order valence-electron chi connectivity index (χ0n) is 10.8. The molecule has 0 fully saturated rings. The molecule has 1 atom stereocenters. The van der Waals surface area contributed by atoms with Gasteiger partial charge in [-0.1, -0.05) is 36.4 Å². The van der Waals surface area contributed by atoms with Crippen molar-refractivity contribution in [2.75, 3.05) is 0 Å². The molecule has 0 spiro atoms. The van der Waals surface area contributed by atoms with Gasteiger partial charge in [0.15, 0.2) is 5.78 Å². The molecule has 0 amide bonds. The van der Waals surface area contributed by atoms with Crippen LogP contribution >= 0.6 is 0 Å². The van der Waals surface area contributed by atoms with Gasteiger partial charge in [-0.25, -0.2) is 4.39 Å². The van der Waals surface area contributed by atoms with Crippen LogP contribution in [0.3, 0.4) is 0 Å². The highest BCUT2D eigenvalue weighted by molar-refractivity contribution is 5.97. The molecular formula is C17H15FO. The van der Waals surface area contributed by atoms with Gasteiger partial charge in [0.05, 0.1) is 5.56 Å². The van der Waals surface area contributed by atoms with Gasteiger partial charge in [-0.2, -0.15) is 0 Å². The van der Waals surface area contributed by atoms with Gasteiger partial charge in [0.1, 0.15) is 5.82 Å². The Morgan fingerprint density at radius 1 is 1.21 bits per heavy atom. The zero-order valence-corrected chi connectivity index (χ0v) is 10.8. The van der Waals surface area contributed by atoms with Crippen LogP contribution in [0.25, 0.3) is 0 Å². The van der Waals surface area contributed by atoms with Crippen molar-refractivity contribution in [3.8, 4) is 0 Å². The molecule has 1 nitrogen and oxygen atoms in total. The van der Waals surface area contributed by atoms with Gasteiger partial charge in [0, 0.05) is 6.42 Å². The molecule has 0 aromatic heterocycles. The Labute approximate surface area is 112 Å². The van der Waals surface area contributed by atoms with Crippen LogP contribution < -0.4 is 0 Å². The average Bonchev–Trinajstić information content (AvgIpc) is 2.39. The quantitative estimate of drug-likeness (QED) is 0.755. The second kappa shape index (κ2) is 4.61. The molecule has 2 aromatic carbocycles. The number of ketones is 1. The number of benzene rings is 2. The van der Waals surface area contributed by atoms with Gasteiger partial charge < -0.3 is 0 Å². The first-order valence-corrected chi connectivity index (χ1v) is 6.53. The molecule has 0 aliphatic heterocycles. The van der Waals surface area contributed by atoms with E-state index in [0.29, 0.717) is 12.0 Å². The molecule has 0 saturated carbocycles. The van der Waals surface area contributed by atoms with E-state index in [4.69, 9.17) is 0 Å². The summed E-state index contributed by atoms with van der Waals surface area (Å²) in [5.41, 5.74) is 3.30. The topological polar surface area (TPSA) is 17.1 Å². The number of aryl methyl sites for hydroxylation is 1. The van der Waals surface area contributed by atoms with Crippen LogP contribution in [0.2, 0.25) is 0 Å². The summed E-state index contributed by atoms with van der Waals surface area (Å²) in [5.74, 6) is -0.218. The average molecular weight is 254 g/mol. The molecule has 1 unspecified atom stereocenters. The molecule has 0 saturated heterocycles. The van der Waals surface area contributed by atoms with Crippen molar-refractivity contribution in [2.45, 2.75) is 25.7 Å². The van der Waals surface area contributed by atoms with E-state index in [1.54, 1.807) is 25.1 Å².